The van der Waals surface area contributed by atoms with Crippen LogP contribution in [0.5, 0.6) is 0 Å². The van der Waals surface area contributed by atoms with E-state index < -0.39 is 5.91 Å². The van der Waals surface area contributed by atoms with Gasteiger partial charge in [-0.25, -0.2) is 0 Å². The van der Waals surface area contributed by atoms with E-state index in [9.17, 15) is 4.79 Å². The van der Waals surface area contributed by atoms with Crippen molar-refractivity contribution in [3.8, 4) is 0 Å². The van der Waals surface area contributed by atoms with Gasteiger partial charge in [-0.3, -0.25) is 10.1 Å². The van der Waals surface area contributed by atoms with Crippen molar-refractivity contribution in [3.05, 3.63) is 35.7 Å². The second-order valence-electron chi connectivity index (χ2n) is 3.75. The van der Waals surface area contributed by atoms with E-state index in [0.29, 0.717) is 11.6 Å². The summed E-state index contributed by atoms with van der Waals surface area (Å²) in [7, 11) is 0. The second-order valence-corrected chi connectivity index (χ2v) is 6.71. The number of aryl methyl sites for hydroxylation is 1. The number of aromatic nitrogens is 2. The van der Waals surface area contributed by atoms with Gasteiger partial charge in [0.05, 0.1) is 30.7 Å². The maximum Gasteiger partial charge on any atom is 0.260 e. The van der Waals surface area contributed by atoms with Gasteiger partial charge in [-0.2, -0.15) is 0 Å². The van der Waals surface area contributed by atoms with Gasteiger partial charge in [0.2, 0.25) is 5.13 Å². The van der Waals surface area contributed by atoms with Crippen LogP contribution in [0, 0.1) is 0 Å². The van der Waals surface area contributed by atoms with Crippen molar-refractivity contribution >= 4 is 80.4 Å². The number of amides is 1. The predicted molar refractivity (Wildman–Crippen MR) is 88.7 cm³/mol. The fourth-order valence-corrected chi connectivity index (χ4v) is 3.40. The molecular weight excluding hydrogens is 399 g/mol. The zero-order valence-electron chi connectivity index (χ0n) is 10.3. The highest BCUT2D eigenvalue weighted by atomic mass is 35.5. The number of nitrogens with one attached hydrogen (secondary N) is 1. The van der Waals surface area contributed by atoms with Crippen LogP contribution in [0.1, 0.15) is 22.3 Å². The first-order chi connectivity index (χ1) is 9.86. The van der Waals surface area contributed by atoms with Gasteiger partial charge in [0.25, 0.3) is 5.91 Å². The molecule has 21 heavy (non-hydrogen) atoms. The van der Waals surface area contributed by atoms with Gasteiger partial charge in [0, 0.05) is 0 Å². The number of halogens is 5. The van der Waals surface area contributed by atoms with Gasteiger partial charge in [0.15, 0.2) is 0 Å². The summed E-state index contributed by atoms with van der Waals surface area (Å²) >= 11 is 31.0. The molecule has 0 saturated carbocycles. The van der Waals surface area contributed by atoms with Crippen molar-refractivity contribution in [1.82, 2.24) is 10.2 Å². The summed E-state index contributed by atoms with van der Waals surface area (Å²) in [4.78, 5) is 12.3. The van der Waals surface area contributed by atoms with Crippen LogP contribution in [0.15, 0.2) is 0 Å². The number of anilines is 1. The average molecular weight is 406 g/mol. The number of hydrogen-bond donors (Lipinski definition) is 1. The summed E-state index contributed by atoms with van der Waals surface area (Å²) < 4.78 is 0. The van der Waals surface area contributed by atoms with Crippen LogP contribution in [-0.2, 0) is 6.42 Å². The number of nitrogens with zero attached hydrogens (tertiary/aromatic N) is 2. The van der Waals surface area contributed by atoms with E-state index >= 15 is 0 Å². The molecule has 1 heterocycles. The number of rotatable bonds is 3. The van der Waals surface area contributed by atoms with E-state index in [1.54, 1.807) is 0 Å². The molecule has 0 aliphatic rings. The third kappa shape index (κ3) is 3.38. The molecule has 1 aromatic carbocycles. The largest absolute Gasteiger partial charge is 0.296 e. The molecule has 0 unspecified atom stereocenters. The fourth-order valence-electron chi connectivity index (χ4n) is 1.41. The summed E-state index contributed by atoms with van der Waals surface area (Å²) in [6, 6.07) is 0. The smallest absolute Gasteiger partial charge is 0.260 e. The van der Waals surface area contributed by atoms with Crippen molar-refractivity contribution in [2.45, 2.75) is 13.3 Å². The van der Waals surface area contributed by atoms with Crippen molar-refractivity contribution in [1.29, 1.82) is 0 Å². The van der Waals surface area contributed by atoms with E-state index in [2.05, 4.69) is 15.5 Å². The summed E-state index contributed by atoms with van der Waals surface area (Å²) in [5, 5.41) is 11.1. The standard InChI is InChI=1S/C11H6Cl5N3OS/c1-2-3-18-19-11(21-3)17-10(20)4-5(12)7(14)9(16)8(15)6(4)13/h2H2,1H3,(H,17,19,20). The molecule has 10 heteroatoms. The van der Waals surface area contributed by atoms with Gasteiger partial charge in [0.1, 0.15) is 5.01 Å². The summed E-state index contributed by atoms with van der Waals surface area (Å²) in [6.45, 7) is 1.93. The molecule has 0 fully saturated rings. The Morgan fingerprint density at radius 3 is 2.00 bits per heavy atom. The lowest BCUT2D eigenvalue weighted by Gasteiger charge is -2.11. The third-order valence-electron chi connectivity index (χ3n) is 2.43. The Balaban J connectivity index is 2.39. The third-order valence-corrected chi connectivity index (χ3v) is 5.69. The van der Waals surface area contributed by atoms with Crippen LogP contribution < -0.4 is 5.32 Å². The van der Waals surface area contributed by atoms with Gasteiger partial charge in [-0.05, 0) is 6.42 Å². The maximum atomic E-state index is 12.3. The molecule has 1 N–H and O–H groups in total. The lowest BCUT2D eigenvalue weighted by atomic mass is 10.2. The van der Waals surface area contributed by atoms with Crippen LogP contribution in [0.25, 0.3) is 0 Å². The molecule has 0 aliphatic heterocycles. The molecule has 0 atom stereocenters. The Kier molecular flexibility index (Phi) is 5.57. The van der Waals surface area contributed by atoms with Gasteiger partial charge in [-0.15, -0.1) is 10.2 Å². The van der Waals surface area contributed by atoms with E-state index in [-0.39, 0.29) is 30.7 Å². The molecule has 0 spiro atoms. The van der Waals surface area contributed by atoms with E-state index in [0.717, 1.165) is 5.01 Å². The number of carbonyl (C=O) groups is 1. The molecule has 4 nitrogen and oxygen atoms in total. The Morgan fingerprint density at radius 2 is 1.52 bits per heavy atom. The zero-order chi connectivity index (χ0) is 15.7. The fraction of sp³-hybridized carbons (Fsp3) is 0.182. The summed E-state index contributed by atoms with van der Waals surface area (Å²) in [5.74, 6) is -0.593. The normalized spacial score (nSPS) is 10.8. The lowest BCUT2D eigenvalue weighted by molar-refractivity contribution is 0.102. The summed E-state index contributed by atoms with van der Waals surface area (Å²) in [5.41, 5.74) is -0.0639. The van der Waals surface area contributed by atoms with E-state index in [1.165, 1.54) is 11.3 Å². The quantitative estimate of drug-likeness (QED) is 0.533. The SMILES string of the molecule is CCc1nnc(NC(=O)c2c(Cl)c(Cl)c(Cl)c(Cl)c2Cl)s1. The first-order valence-corrected chi connectivity index (χ1v) is 8.22. The Morgan fingerprint density at radius 1 is 1.00 bits per heavy atom. The van der Waals surface area contributed by atoms with Crippen LogP contribution in [0.3, 0.4) is 0 Å². The molecular formula is C11H6Cl5N3OS. The topological polar surface area (TPSA) is 54.9 Å². The zero-order valence-corrected chi connectivity index (χ0v) is 14.9. The molecule has 1 aromatic heterocycles. The first-order valence-electron chi connectivity index (χ1n) is 5.52. The van der Waals surface area contributed by atoms with E-state index in [4.69, 9.17) is 58.0 Å². The minimum Gasteiger partial charge on any atom is -0.296 e. The lowest BCUT2D eigenvalue weighted by Crippen LogP contribution is -2.13. The molecule has 2 rings (SSSR count). The number of hydrogen-bond acceptors (Lipinski definition) is 4. The van der Waals surface area contributed by atoms with Crippen molar-refractivity contribution < 1.29 is 4.79 Å². The summed E-state index contributed by atoms with van der Waals surface area (Å²) in [6.07, 6.45) is 0.716. The highest BCUT2D eigenvalue weighted by Crippen LogP contribution is 2.44. The van der Waals surface area contributed by atoms with Gasteiger partial charge in [-0.1, -0.05) is 76.3 Å². The van der Waals surface area contributed by atoms with Gasteiger partial charge >= 0.3 is 0 Å². The molecule has 0 bridgehead atoms. The number of benzene rings is 1. The Labute approximate surface area is 149 Å². The second kappa shape index (κ2) is 6.86. The minimum absolute atomic E-state index is 0.00549. The molecule has 1 amide bonds. The number of carbonyl (C=O) groups excluding carboxylic acids is 1. The monoisotopic (exact) mass is 403 g/mol. The van der Waals surface area contributed by atoms with Crippen LogP contribution in [0.2, 0.25) is 25.1 Å². The van der Waals surface area contributed by atoms with Crippen molar-refractivity contribution in [3.63, 3.8) is 0 Å². The van der Waals surface area contributed by atoms with Gasteiger partial charge < -0.3 is 0 Å². The van der Waals surface area contributed by atoms with Crippen molar-refractivity contribution in [2.75, 3.05) is 5.32 Å². The average Bonchev–Trinajstić information content (AvgIpc) is 2.90. The maximum absolute atomic E-state index is 12.3. The minimum atomic E-state index is -0.593. The van der Waals surface area contributed by atoms with Crippen LogP contribution in [0.4, 0.5) is 5.13 Å². The predicted octanol–water partition coefficient (Wildman–Crippen LogP) is 5.62. The molecule has 2 aromatic rings. The van der Waals surface area contributed by atoms with E-state index in [1.807, 2.05) is 6.92 Å². The highest BCUT2D eigenvalue weighted by molar-refractivity contribution is 7.15. The Hall–Kier alpha value is -0.300. The highest BCUT2D eigenvalue weighted by Gasteiger charge is 2.24. The van der Waals surface area contributed by atoms with Crippen molar-refractivity contribution in [2.24, 2.45) is 0 Å². The molecule has 0 saturated heterocycles. The molecule has 0 radical (unpaired) electrons. The molecule has 112 valence electrons. The van der Waals surface area contributed by atoms with Crippen LogP contribution >= 0.6 is 69.3 Å². The van der Waals surface area contributed by atoms with Crippen LogP contribution in [-0.4, -0.2) is 16.1 Å². The Bertz CT molecular complexity index is 689. The molecule has 0 aliphatic carbocycles. The first kappa shape index (κ1) is 17.1.